The summed E-state index contributed by atoms with van der Waals surface area (Å²) in [4.78, 5) is 17.0. The van der Waals surface area contributed by atoms with E-state index < -0.39 is 6.10 Å². The standard InChI is InChI=1S/C14H18N2O4/c1-18-8-7-15-14(17)13-9-12(16-20-13)10-3-5-11(19-2)6-4-10/h3-6,13H,7-9H2,1-2H3,(H,15,17)/t13-/m1/s1. The molecule has 0 bridgehead atoms. The van der Waals surface area contributed by atoms with E-state index in [9.17, 15) is 4.79 Å². The highest BCUT2D eigenvalue weighted by Gasteiger charge is 2.28. The zero-order valence-corrected chi connectivity index (χ0v) is 11.6. The maximum absolute atomic E-state index is 11.8. The van der Waals surface area contributed by atoms with Crippen LogP contribution in [0.5, 0.6) is 5.75 Å². The molecule has 0 unspecified atom stereocenters. The van der Waals surface area contributed by atoms with Crippen molar-refractivity contribution in [3.63, 3.8) is 0 Å². The lowest BCUT2D eigenvalue weighted by atomic mass is 10.0. The number of hydrogen-bond acceptors (Lipinski definition) is 5. The molecule has 0 aliphatic carbocycles. The van der Waals surface area contributed by atoms with E-state index in [0.29, 0.717) is 19.6 Å². The van der Waals surface area contributed by atoms with Crippen LogP contribution in [0.3, 0.4) is 0 Å². The van der Waals surface area contributed by atoms with Crippen molar-refractivity contribution in [2.75, 3.05) is 27.4 Å². The lowest BCUT2D eigenvalue weighted by Crippen LogP contribution is -2.36. The van der Waals surface area contributed by atoms with Crippen molar-refractivity contribution in [3.8, 4) is 5.75 Å². The van der Waals surface area contributed by atoms with Crippen LogP contribution >= 0.6 is 0 Å². The van der Waals surface area contributed by atoms with Crippen LogP contribution in [0.1, 0.15) is 12.0 Å². The quantitative estimate of drug-likeness (QED) is 0.787. The SMILES string of the molecule is COCCNC(=O)[C@H]1CC(c2ccc(OC)cc2)=NO1. The van der Waals surface area contributed by atoms with Crippen molar-refractivity contribution in [1.29, 1.82) is 0 Å². The molecule has 1 N–H and O–H groups in total. The summed E-state index contributed by atoms with van der Waals surface area (Å²) in [5, 5.41) is 6.71. The molecule has 1 heterocycles. The predicted octanol–water partition coefficient (Wildman–Crippen LogP) is 0.951. The van der Waals surface area contributed by atoms with Gasteiger partial charge in [0.15, 0.2) is 0 Å². The molecule has 6 heteroatoms. The van der Waals surface area contributed by atoms with Crippen molar-refractivity contribution >= 4 is 11.6 Å². The number of oxime groups is 1. The van der Waals surface area contributed by atoms with E-state index in [2.05, 4.69) is 10.5 Å². The molecule has 20 heavy (non-hydrogen) atoms. The average Bonchev–Trinajstić information content (AvgIpc) is 2.97. The minimum Gasteiger partial charge on any atom is -0.497 e. The zero-order chi connectivity index (χ0) is 14.4. The van der Waals surface area contributed by atoms with E-state index in [-0.39, 0.29) is 5.91 Å². The Labute approximate surface area is 117 Å². The molecule has 0 aromatic heterocycles. The largest absolute Gasteiger partial charge is 0.497 e. The van der Waals surface area contributed by atoms with Gasteiger partial charge in [-0.15, -0.1) is 0 Å². The summed E-state index contributed by atoms with van der Waals surface area (Å²) < 4.78 is 9.97. The Morgan fingerprint density at radius 3 is 2.80 bits per heavy atom. The van der Waals surface area contributed by atoms with Gasteiger partial charge in [0.2, 0.25) is 6.10 Å². The van der Waals surface area contributed by atoms with Crippen LogP contribution in [0.4, 0.5) is 0 Å². The van der Waals surface area contributed by atoms with Crippen molar-refractivity contribution < 1.29 is 19.1 Å². The minimum absolute atomic E-state index is 0.172. The summed E-state index contributed by atoms with van der Waals surface area (Å²) in [6, 6.07) is 7.49. The molecule has 6 nitrogen and oxygen atoms in total. The van der Waals surface area contributed by atoms with Crippen molar-refractivity contribution in [1.82, 2.24) is 5.32 Å². The van der Waals surface area contributed by atoms with Crippen LogP contribution < -0.4 is 10.1 Å². The fourth-order valence-corrected chi connectivity index (χ4v) is 1.86. The van der Waals surface area contributed by atoms with Crippen LogP contribution in [0.25, 0.3) is 0 Å². The summed E-state index contributed by atoms with van der Waals surface area (Å²) >= 11 is 0. The summed E-state index contributed by atoms with van der Waals surface area (Å²) in [5.41, 5.74) is 1.69. The van der Waals surface area contributed by atoms with Crippen LogP contribution in [0.2, 0.25) is 0 Å². The molecule has 1 aromatic rings. The molecule has 1 aliphatic heterocycles. The zero-order valence-electron chi connectivity index (χ0n) is 11.6. The van der Waals surface area contributed by atoms with E-state index in [0.717, 1.165) is 17.0 Å². The molecule has 0 saturated carbocycles. The number of amides is 1. The maximum atomic E-state index is 11.8. The Morgan fingerprint density at radius 1 is 1.40 bits per heavy atom. The van der Waals surface area contributed by atoms with Gasteiger partial charge in [-0.3, -0.25) is 4.79 Å². The normalized spacial score (nSPS) is 17.3. The number of nitrogens with zero attached hydrogens (tertiary/aromatic N) is 1. The molecule has 1 aromatic carbocycles. The van der Waals surface area contributed by atoms with Gasteiger partial charge in [0.1, 0.15) is 5.75 Å². The molecule has 2 rings (SSSR count). The van der Waals surface area contributed by atoms with Crippen molar-refractivity contribution in [2.45, 2.75) is 12.5 Å². The summed E-state index contributed by atoms with van der Waals surface area (Å²) in [7, 11) is 3.20. The average molecular weight is 278 g/mol. The third-order valence-electron chi connectivity index (χ3n) is 2.99. The predicted molar refractivity (Wildman–Crippen MR) is 73.9 cm³/mol. The van der Waals surface area contributed by atoms with Gasteiger partial charge >= 0.3 is 0 Å². The Hall–Kier alpha value is -2.08. The molecule has 108 valence electrons. The fraction of sp³-hybridized carbons (Fsp3) is 0.429. The summed E-state index contributed by atoms with van der Waals surface area (Å²) in [5.74, 6) is 0.608. The number of benzene rings is 1. The van der Waals surface area contributed by atoms with Crippen molar-refractivity contribution in [3.05, 3.63) is 29.8 Å². The minimum atomic E-state index is -0.566. The van der Waals surface area contributed by atoms with Crippen LogP contribution in [-0.2, 0) is 14.4 Å². The molecule has 1 atom stereocenters. The van der Waals surface area contributed by atoms with Gasteiger partial charge < -0.3 is 19.6 Å². The first-order valence-corrected chi connectivity index (χ1v) is 6.38. The first-order chi connectivity index (χ1) is 9.74. The summed E-state index contributed by atoms with van der Waals surface area (Å²) in [6.45, 7) is 0.942. The van der Waals surface area contributed by atoms with Gasteiger partial charge in [0, 0.05) is 20.1 Å². The van der Waals surface area contributed by atoms with E-state index in [4.69, 9.17) is 14.3 Å². The number of hydrogen-bond donors (Lipinski definition) is 1. The molecule has 0 saturated heterocycles. The van der Waals surface area contributed by atoms with Gasteiger partial charge in [-0.25, -0.2) is 0 Å². The van der Waals surface area contributed by atoms with Crippen LogP contribution in [0.15, 0.2) is 29.4 Å². The Bertz CT molecular complexity index is 484. The molecule has 0 fully saturated rings. The number of carbonyl (C=O) groups is 1. The van der Waals surface area contributed by atoms with E-state index in [1.807, 2.05) is 24.3 Å². The molecule has 1 amide bonds. The number of ether oxygens (including phenoxy) is 2. The second-order valence-corrected chi connectivity index (χ2v) is 4.35. The lowest BCUT2D eigenvalue weighted by Gasteiger charge is -2.08. The topological polar surface area (TPSA) is 69.2 Å². The summed E-state index contributed by atoms with van der Waals surface area (Å²) in [6.07, 6.45) is -0.102. The molecule has 0 radical (unpaired) electrons. The highest BCUT2D eigenvalue weighted by atomic mass is 16.6. The van der Waals surface area contributed by atoms with Crippen LogP contribution in [0, 0.1) is 0 Å². The number of methoxy groups -OCH3 is 2. The Kier molecular flexibility index (Phi) is 4.95. The molecule has 0 spiro atoms. The highest BCUT2D eigenvalue weighted by Crippen LogP contribution is 2.19. The smallest absolute Gasteiger partial charge is 0.264 e. The van der Waals surface area contributed by atoms with Gasteiger partial charge in [-0.05, 0) is 29.8 Å². The number of carbonyl (C=O) groups excluding carboxylic acids is 1. The van der Waals surface area contributed by atoms with E-state index in [1.165, 1.54) is 0 Å². The van der Waals surface area contributed by atoms with Crippen molar-refractivity contribution in [2.24, 2.45) is 5.16 Å². The number of rotatable bonds is 6. The molecule has 1 aliphatic rings. The van der Waals surface area contributed by atoms with Gasteiger partial charge in [0.25, 0.3) is 5.91 Å². The third kappa shape index (κ3) is 3.48. The molecular weight excluding hydrogens is 260 g/mol. The van der Waals surface area contributed by atoms with Gasteiger partial charge in [-0.1, -0.05) is 5.16 Å². The second-order valence-electron chi connectivity index (χ2n) is 4.35. The Balaban J connectivity index is 1.88. The first-order valence-electron chi connectivity index (χ1n) is 6.38. The fourth-order valence-electron chi connectivity index (χ4n) is 1.86. The molecular formula is C14H18N2O4. The first kappa shape index (κ1) is 14.3. The number of nitrogens with one attached hydrogen (secondary N) is 1. The lowest BCUT2D eigenvalue weighted by molar-refractivity contribution is -0.131. The Morgan fingerprint density at radius 2 is 2.15 bits per heavy atom. The third-order valence-corrected chi connectivity index (χ3v) is 2.99. The van der Waals surface area contributed by atoms with Crippen LogP contribution in [-0.4, -0.2) is 45.1 Å². The van der Waals surface area contributed by atoms with Gasteiger partial charge in [0.05, 0.1) is 19.4 Å². The van der Waals surface area contributed by atoms with E-state index >= 15 is 0 Å². The van der Waals surface area contributed by atoms with E-state index in [1.54, 1.807) is 14.2 Å². The highest BCUT2D eigenvalue weighted by molar-refractivity contribution is 6.04. The van der Waals surface area contributed by atoms with Gasteiger partial charge in [-0.2, -0.15) is 0 Å². The monoisotopic (exact) mass is 278 g/mol. The second kappa shape index (κ2) is 6.91. The maximum Gasteiger partial charge on any atom is 0.264 e.